The summed E-state index contributed by atoms with van der Waals surface area (Å²) in [7, 11) is 0. The molecular weight excluding hydrogens is 312 g/mol. The summed E-state index contributed by atoms with van der Waals surface area (Å²) in [6.45, 7) is 9.31. The number of hydrogen-bond acceptors (Lipinski definition) is 5. The zero-order chi connectivity index (χ0) is 18.8. The highest BCUT2D eigenvalue weighted by atomic mass is 16.5. The van der Waals surface area contributed by atoms with E-state index in [1.54, 1.807) is 0 Å². The molecule has 136 valence electrons. The van der Waals surface area contributed by atoms with Gasteiger partial charge in [-0.15, -0.1) is 0 Å². The number of anilines is 2. The molecule has 0 aliphatic heterocycles. The van der Waals surface area contributed by atoms with E-state index in [0.29, 0.717) is 36.0 Å². The molecule has 2 aromatic carbocycles. The van der Waals surface area contributed by atoms with Gasteiger partial charge in [-0.05, 0) is 23.3 Å². The molecule has 0 radical (unpaired) electrons. The van der Waals surface area contributed by atoms with Crippen LogP contribution in [0.5, 0.6) is 11.5 Å². The summed E-state index contributed by atoms with van der Waals surface area (Å²) in [6, 6.07) is 11.4. The van der Waals surface area contributed by atoms with Gasteiger partial charge < -0.3 is 27.7 Å². The van der Waals surface area contributed by atoms with Crippen LogP contribution in [-0.2, 0) is 10.8 Å². The molecule has 0 amide bonds. The number of hydrogen-bond donors (Lipinski definition) is 4. The van der Waals surface area contributed by atoms with Crippen LogP contribution in [0, 0.1) is 0 Å². The quantitative estimate of drug-likeness (QED) is 0.602. The molecule has 0 aliphatic carbocycles. The molecule has 2 rings (SSSR count). The Morgan fingerprint density at radius 1 is 0.720 bits per heavy atom. The van der Waals surface area contributed by atoms with E-state index in [1.807, 2.05) is 36.4 Å². The smallest absolute Gasteiger partial charge is 0.129 e. The summed E-state index contributed by atoms with van der Waals surface area (Å²) < 4.78 is 5.92. The molecule has 0 spiro atoms. The van der Waals surface area contributed by atoms with Crippen LogP contribution in [0.25, 0.3) is 0 Å². The van der Waals surface area contributed by atoms with Crippen molar-refractivity contribution in [2.45, 2.75) is 38.5 Å². The Hall–Kier alpha value is -2.24. The fourth-order valence-electron chi connectivity index (χ4n) is 2.80. The molecule has 0 bridgehead atoms. The highest BCUT2D eigenvalue weighted by Crippen LogP contribution is 2.34. The normalized spacial score (nSPS) is 12.2. The molecule has 5 nitrogen and oxygen atoms in total. The first-order valence-corrected chi connectivity index (χ1v) is 8.49. The average molecular weight is 342 g/mol. The van der Waals surface area contributed by atoms with Gasteiger partial charge in [-0.25, -0.2) is 0 Å². The topological polar surface area (TPSA) is 113 Å². The van der Waals surface area contributed by atoms with Gasteiger partial charge in [0, 0.05) is 47.4 Å². The predicted octanol–water partition coefficient (Wildman–Crippen LogP) is 3.12. The standard InChI is InChI=1S/C20H30N4O/c1-19(2,11-21)15-7-5-13(9-17(15)23)25-14-6-8-16(18(24)10-14)20(3,4)12-22/h5-10H,11-12,21-24H2,1-4H3. The van der Waals surface area contributed by atoms with E-state index in [-0.39, 0.29) is 10.8 Å². The van der Waals surface area contributed by atoms with Crippen molar-refractivity contribution in [2.24, 2.45) is 11.5 Å². The SMILES string of the molecule is CC(C)(CN)c1ccc(Oc2ccc(C(C)(C)CN)c(N)c2)cc1N. The third-order valence-electron chi connectivity index (χ3n) is 4.76. The Labute approximate surface area is 150 Å². The van der Waals surface area contributed by atoms with Crippen LogP contribution in [0.2, 0.25) is 0 Å². The van der Waals surface area contributed by atoms with Crippen molar-refractivity contribution in [1.82, 2.24) is 0 Å². The van der Waals surface area contributed by atoms with Gasteiger partial charge in [0.15, 0.2) is 0 Å². The van der Waals surface area contributed by atoms with Gasteiger partial charge in [0.25, 0.3) is 0 Å². The molecule has 0 saturated heterocycles. The fraction of sp³-hybridized carbons (Fsp3) is 0.400. The van der Waals surface area contributed by atoms with Crippen LogP contribution >= 0.6 is 0 Å². The number of benzene rings is 2. The Morgan fingerprint density at radius 3 is 1.36 bits per heavy atom. The van der Waals surface area contributed by atoms with Crippen molar-refractivity contribution in [3.8, 4) is 11.5 Å². The van der Waals surface area contributed by atoms with Crippen molar-refractivity contribution in [2.75, 3.05) is 24.6 Å². The maximum atomic E-state index is 6.19. The van der Waals surface area contributed by atoms with Gasteiger partial charge in [-0.3, -0.25) is 0 Å². The molecule has 8 N–H and O–H groups in total. The molecule has 0 aliphatic rings. The van der Waals surface area contributed by atoms with Crippen LogP contribution < -0.4 is 27.7 Å². The second-order valence-corrected chi connectivity index (χ2v) is 7.78. The van der Waals surface area contributed by atoms with E-state index in [9.17, 15) is 0 Å². The number of rotatable bonds is 6. The number of nitrogen functional groups attached to an aromatic ring is 2. The molecule has 0 heterocycles. The lowest BCUT2D eigenvalue weighted by atomic mass is 9.83. The van der Waals surface area contributed by atoms with Crippen LogP contribution in [0.4, 0.5) is 11.4 Å². The first kappa shape index (κ1) is 19.1. The zero-order valence-corrected chi connectivity index (χ0v) is 15.6. The Balaban J connectivity index is 2.26. The number of nitrogens with two attached hydrogens (primary N) is 4. The Morgan fingerprint density at radius 2 is 1.08 bits per heavy atom. The van der Waals surface area contributed by atoms with Gasteiger partial charge >= 0.3 is 0 Å². The predicted molar refractivity (Wildman–Crippen MR) is 106 cm³/mol. The largest absolute Gasteiger partial charge is 0.457 e. The molecule has 0 unspecified atom stereocenters. The summed E-state index contributed by atoms with van der Waals surface area (Å²) in [6.07, 6.45) is 0. The number of ether oxygens (including phenoxy) is 1. The van der Waals surface area contributed by atoms with Crippen molar-refractivity contribution >= 4 is 11.4 Å². The third-order valence-corrected chi connectivity index (χ3v) is 4.76. The summed E-state index contributed by atoms with van der Waals surface area (Å²) in [5, 5.41) is 0. The minimum Gasteiger partial charge on any atom is -0.457 e. The lowest BCUT2D eigenvalue weighted by molar-refractivity contribution is 0.479. The van der Waals surface area contributed by atoms with Crippen molar-refractivity contribution in [1.29, 1.82) is 0 Å². The summed E-state index contributed by atoms with van der Waals surface area (Å²) in [5.74, 6) is 1.33. The highest BCUT2D eigenvalue weighted by molar-refractivity contribution is 5.57. The summed E-state index contributed by atoms with van der Waals surface area (Å²) >= 11 is 0. The van der Waals surface area contributed by atoms with Crippen LogP contribution in [0.15, 0.2) is 36.4 Å². The summed E-state index contributed by atoms with van der Waals surface area (Å²) in [4.78, 5) is 0. The Bertz CT molecular complexity index is 690. The molecule has 0 aromatic heterocycles. The lowest BCUT2D eigenvalue weighted by Crippen LogP contribution is -2.29. The first-order valence-electron chi connectivity index (χ1n) is 8.49. The summed E-state index contributed by atoms with van der Waals surface area (Å²) in [5.41, 5.74) is 27.1. The lowest BCUT2D eigenvalue weighted by Gasteiger charge is -2.26. The van der Waals surface area contributed by atoms with Gasteiger partial charge in [0.2, 0.25) is 0 Å². The maximum Gasteiger partial charge on any atom is 0.129 e. The monoisotopic (exact) mass is 342 g/mol. The van der Waals surface area contributed by atoms with Gasteiger partial charge in [-0.1, -0.05) is 39.8 Å². The molecule has 5 heteroatoms. The van der Waals surface area contributed by atoms with Crippen molar-refractivity contribution in [3.63, 3.8) is 0 Å². The second kappa shape index (κ2) is 6.94. The van der Waals surface area contributed by atoms with E-state index in [1.165, 1.54) is 0 Å². The highest BCUT2D eigenvalue weighted by Gasteiger charge is 2.23. The van der Waals surface area contributed by atoms with Gasteiger partial charge in [-0.2, -0.15) is 0 Å². The molecule has 0 fully saturated rings. The average Bonchev–Trinajstić information content (AvgIpc) is 2.54. The van der Waals surface area contributed by atoms with Crippen LogP contribution in [-0.4, -0.2) is 13.1 Å². The van der Waals surface area contributed by atoms with Crippen molar-refractivity contribution < 1.29 is 4.74 Å². The Kier molecular flexibility index (Phi) is 5.30. The van der Waals surface area contributed by atoms with Gasteiger partial charge in [0.05, 0.1) is 0 Å². The van der Waals surface area contributed by atoms with Gasteiger partial charge in [0.1, 0.15) is 11.5 Å². The second-order valence-electron chi connectivity index (χ2n) is 7.78. The molecule has 0 atom stereocenters. The van der Waals surface area contributed by atoms with E-state index < -0.39 is 0 Å². The third kappa shape index (κ3) is 4.06. The molecule has 25 heavy (non-hydrogen) atoms. The molecule has 2 aromatic rings. The van der Waals surface area contributed by atoms with Crippen molar-refractivity contribution in [3.05, 3.63) is 47.5 Å². The fourth-order valence-corrected chi connectivity index (χ4v) is 2.80. The first-order chi connectivity index (χ1) is 11.6. The minimum atomic E-state index is -0.178. The van der Waals surface area contributed by atoms with E-state index >= 15 is 0 Å². The van der Waals surface area contributed by atoms with E-state index in [0.717, 1.165) is 11.1 Å². The zero-order valence-electron chi connectivity index (χ0n) is 15.6. The van der Waals surface area contributed by atoms with E-state index in [4.69, 9.17) is 27.7 Å². The van der Waals surface area contributed by atoms with Crippen LogP contribution in [0.1, 0.15) is 38.8 Å². The van der Waals surface area contributed by atoms with E-state index in [2.05, 4.69) is 27.7 Å². The minimum absolute atomic E-state index is 0.178. The maximum absolute atomic E-state index is 6.19. The van der Waals surface area contributed by atoms with Crippen LogP contribution in [0.3, 0.4) is 0 Å². The molecule has 0 saturated carbocycles. The molecular formula is C20H30N4O.